The Kier molecular flexibility index (Phi) is 3.65. The first-order valence-electron chi connectivity index (χ1n) is 6.00. The van der Waals surface area contributed by atoms with E-state index in [4.69, 9.17) is 15.2 Å². The number of ether oxygens (including phenoxy) is 2. The lowest BCUT2D eigenvalue weighted by Gasteiger charge is -1.98. The molecule has 0 fully saturated rings. The normalized spacial score (nSPS) is 12.8. The van der Waals surface area contributed by atoms with Crippen LogP contribution in [-0.4, -0.2) is 29.1 Å². The van der Waals surface area contributed by atoms with Crippen molar-refractivity contribution in [1.29, 1.82) is 0 Å². The smallest absolute Gasteiger partial charge is 0.247 e. The SMILES string of the molecule is Nc1nnc(CC(=O)N/N=C\c2ccc3c(c2)OCO3)s1. The van der Waals surface area contributed by atoms with Crippen molar-refractivity contribution < 1.29 is 14.3 Å². The molecule has 0 atom stereocenters. The van der Waals surface area contributed by atoms with Gasteiger partial charge in [-0.05, 0) is 23.8 Å². The molecule has 21 heavy (non-hydrogen) atoms. The minimum atomic E-state index is -0.289. The van der Waals surface area contributed by atoms with Crippen molar-refractivity contribution in [1.82, 2.24) is 15.6 Å². The van der Waals surface area contributed by atoms with Crippen LogP contribution in [0.25, 0.3) is 0 Å². The molecule has 0 aliphatic carbocycles. The van der Waals surface area contributed by atoms with E-state index in [2.05, 4.69) is 20.7 Å². The highest BCUT2D eigenvalue weighted by molar-refractivity contribution is 7.15. The second kappa shape index (κ2) is 5.75. The number of fused-ring (bicyclic) bond motifs is 1. The molecule has 0 radical (unpaired) electrons. The summed E-state index contributed by atoms with van der Waals surface area (Å²) in [6.45, 7) is 0.220. The lowest BCUT2D eigenvalue weighted by atomic mass is 10.2. The van der Waals surface area contributed by atoms with Crippen molar-refractivity contribution in [2.24, 2.45) is 5.10 Å². The Morgan fingerprint density at radius 1 is 1.43 bits per heavy atom. The fourth-order valence-corrected chi connectivity index (χ4v) is 2.30. The molecule has 0 saturated heterocycles. The summed E-state index contributed by atoms with van der Waals surface area (Å²) in [5.74, 6) is 1.07. The van der Waals surface area contributed by atoms with Gasteiger partial charge in [-0.1, -0.05) is 11.3 Å². The first kappa shape index (κ1) is 13.3. The molecule has 0 spiro atoms. The number of carbonyl (C=O) groups is 1. The summed E-state index contributed by atoms with van der Waals surface area (Å²) in [4.78, 5) is 11.6. The summed E-state index contributed by atoms with van der Waals surface area (Å²) in [5.41, 5.74) is 8.64. The molecule has 8 nitrogen and oxygen atoms in total. The lowest BCUT2D eigenvalue weighted by molar-refractivity contribution is -0.120. The molecule has 2 aromatic rings. The number of hydrogen-bond donors (Lipinski definition) is 2. The molecule has 3 rings (SSSR count). The monoisotopic (exact) mass is 305 g/mol. The number of amides is 1. The quantitative estimate of drug-likeness (QED) is 0.630. The number of hydrogen-bond acceptors (Lipinski definition) is 8. The Bertz CT molecular complexity index is 700. The van der Waals surface area contributed by atoms with E-state index in [1.165, 1.54) is 17.6 Å². The molecular weight excluding hydrogens is 294 g/mol. The summed E-state index contributed by atoms with van der Waals surface area (Å²) in [5, 5.41) is 12.1. The maximum absolute atomic E-state index is 11.6. The van der Waals surface area contributed by atoms with Crippen molar-refractivity contribution in [2.75, 3.05) is 12.5 Å². The summed E-state index contributed by atoms with van der Waals surface area (Å²) >= 11 is 1.17. The number of nitrogen functional groups attached to an aromatic ring is 1. The maximum atomic E-state index is 11.6. The van der Waals surface area contributed by atoms with E-state index < -0.39 is 0 Å². The molecule has 1 aromatic carbocycles. The molecule has 0 unspecified atom stereocenters. The third-order valence-electron chi connectivity index (χ3n) is 2.59. The lowest BCUT2D eigenvalue weighted by Crippen LogP contribution is -2.19. The van der Waals surface area contributed by atoms with Crippen molar-refractivity contribution >= 4 is 28.6 Å². The minimum Gasteiger partial charge on any atom is -0.454 e. The van der Waals surface area contributed by atoms with E-state index in [0.29, 0.717) is 21.6 Å². The van der Waals surface area contributed by atoms with E-state index in [1.54, 1.807) is 12.1 Å². The van der Waals surface area contributed by atoms with Crippen LogP contribution in [0.15, 0.2) is 23.3 Å². The minimum absolute atomic E-state index is 0.0906. The average molecular weight is 305 g/mol. The summed E-state index contributed by atoms with van der Waals surface area (Å²) in [6.07, 6.45) is 1.61. The topological polar surface area (TPSA) is 112 Å². The van der Waals surface area contributed by atoms with Crippen LogP contribution in [-0.2, 0) is 11.2 Å². The first-order valence-corrected chi connectivity index (χ1v) is 6.82. The highest BCUT2D eigenvalue weighted by atomic mass is 32.1. The first-order chi connectivity index (χ1) is 10.2. The fourth-order valence-electron chi connectivity index (χ4n) is 1.69. The third-order valence-corrected chi connectivity index (χ3v) is 3.35. The Morgan fingerprint density at radius 3 is 3.10 bits per heavy atom. The molecule has 108 valence electrons. The van der Waals surface area contributed by atoms with Crippen LogP contribution in [0, 0.1) is 0 Å². The second-order valence-electron chi connectivity index (χ2n) is 4.12. The number of anilines is 1. The van der Waals surface area contributed by atoms with Crippen LogP contribution in [0.5, 0.6) is 11.5 Å². The largest absolute Gasteiger partial charge is 0.454 e. The van der Waals surface area contributed by atoms with Gasteiger partial charge in [-0.2, -0.15) is 5.10 Å². The summed E-state index contributed by atoms with van der Waals surface area (Å²) in [6, 6.07) is 5.38. The number of hydrazone groups is 1. The third kappa shape index (κ3) is 3.26. The van der Waals surface area contributed by atoms with Gasteiger partial charge in [0.05, 0.1) is 12.6 Å². The molecule has 9 heteroatoms. The van der Waals surface area contributed by atoms with Crippen molar-refractivity contribution in [2.45, 2.75) is 6.42 Å². The number of nitrogens with two attached hydrogens (primary N) is 1. The van der Waals surface area contributed by atoms with Crippen LogP contribution in [0.2, 0.25) is 0 Å². The number of nitrogens with zero attached hydrogens (tertiary/aromatic N) is 3. The van der Waals surface area contributed by atoms with Gasteiger partial charge in [0, 0.05) is 0 Å². The van der Waals surface area contributed by atoms with Crippen molar-refractivity contribution in [3.63, 3.8) is 0 Å². The summed E-state index contributed by atoms with van der Waals surface area (Å²) in [7, 11) is 0. The van der Waals surface area contributed by atoms with E-state index >= 15 is 0 Å². The van der Waals surface area contributed by atoms with Gasteiger partial charge in [-0.3, -0.25) is 4.79 Å². The van der Waals surface area contributed by atoms with E-state index in [-0.39, 0.29) is 19.1 Å². The predicted molar refractivity (Wildman–Crippen MR) is 76.3 cm³/mol. The van der Waals surface area contributed by atoms with Crippen LogP contribution in [0.4, 0.5) is 5.13 Å². The van der Waals surface area contributed by atoms with E-state index in [0.717, 1.165) is 5.56 Å². The van der Waals surface area contributed by atoms with Crippen LogP contribution in [0.3, 0.4) is 0 Å². The Morgan fingerprint density at radius 2 is 2.29 bits per heavy atom. The molecule has 1 aromatic heterocycles. The maximum Gasteiger partial charge on any atom is 0.247 e. The standard InChI is InChI=1S/C12H11N5O3S/c13-12-17-16-11(21-12)4-10(18)15-14-5-7-1-2-8-9(3-7)20-6-19-8/h1-3,5H,4,6H2,(H2,13,17)(H,15,18)/b14-5-. The number of carbonyl (C=O) groups excluding carboxylic acids is 1. The molecule has 2 heterocycles. The molecule has 1 aliphatic rings. The number of nitrogens with one attached hydrogen (secondary N) is 1. The van der Waals surface area contributed by atoms with E-state index in [9.17, 15) is 4.79 Å². The van der Waals surface area contributed by atoms with Gasteiger partial charge in [0.15, 0.2) is 11.5 Å². The zero-order valence-electron chi connectivity index (χ0n) is 10.8. The van der Waals surface area contributed by atoms with Gasteiger partial charge < -0.3 is 15.2 Å². The molecule has 3 N–H and O–H groups in total. The zero-order chi connectivity index (χ0) is 14.7. The number of benzene rings is 1. The highest BCUT2D eigenvalue weighted by Gasteiger charge is 2.12. The molecular formula is C12H11N5O3S. The van der Waals surface area contributed by atoms with Crippen molar-refractivity contribution in [3.8, 4) is 11.5 Å². The number of aromatic nitrogens is 2. The van der Waals surface area contributed by atoms with Crippen molar-refractivity contribution in [3.05, 3.63) is 28.8 Å². The van der Waals surface area contributed by atoms with E-state index in [1.807, 2.05) is 6.07 Å². The zero-order valence-corrected chi connectivity index (χ0v) is 11.6. The van der Waals surface area contributed by atoms with Crippen LogP contribution < -0.4 is 20.6 Å². The van der Waals surface area contributed by atoms with Gasteiger partial charge >= 0.3 is 0 Å². The van der Waals surface area contributed by atoms with Crippen LogP contribution in [0.1, 0.15) is 10.6 Å². The second-order valence-corrected chi connectivity index (χ2v) is 5.21. The predicted octanol–water partition coefficient (Wildman–Crippen LogP) is 0.542. The highest BCUT2D eigenvalue weighted by Crippen LogP contribution is 2.31. The Hall–Kier alpha value is -2.68. The molecule has 1 amide bonds. The van der Waals surface area contributed by atoms with Crippen LogP contribution >= 0.6 is 11.3 Å². The van der Waals surface area contributed by atoms with Gasteiger partial charge in [0.25, 0.3) is 0 Å². The van der Waals surface area contributed by atoms with Gasteiger partial charge in [0.1, 0.15) is 5.01 Å². The van der Waals surface area contributed by atoms with Gasteiger partial charge in [-0.25, -0.2) is 5.43 Å². The van der Waals surface area contributed by atoms with Gasteiger partial charge in [-0.15, -0.1) is 10.2 Å². The fraction of sp³-hybridized carbons (Fsp3) is 0.167. The Labute approximate surface area is 123 Å². The summed E-state index contributed by atoms with van der Waals surface area (Å²) < 4.78 is 10.5. The molecule has 1 aliphatic heterocycles. The van der Waals surface area contributed by atoms with Gasteiger partial charge in [0.2, 0.25) is 17.8 Å². The Balaban J connectivity index is 1.55. The molecule has 0 bridgehead atoms. The number of rotatable bonds is 4. The molecule has 0 saturated carbocycles. The average Bonchev–Trinajstić information content (AvgIpc) is 3.07.